The molecule has 1 aromatic rings. The Labute approximate surface area is 209 Å². The van der Waals surface area contributed by atoms with Gasteiger partial charge in [-0.1, -0.05) is 110 Å². The van der Waals surface area contributed by atoms with Crippen LogP contribution >= 0.6 is 0 Å². The molecule has 1 aliphatic heterocycles. The van der Waals surface area contributed by atoms with Gasteiger partial charge in [0.05, 0.1) is 24.4 Å². The van der Waals surface area contributed by atoms with Crippen molar-refractivity contribution in [1.29, 1.82) is 0 Å². The Bertz CT molecular complexity index is 672. The molecule has 0 saturated carbocycles. The van der Waals surface area contributed by atoms with E-state index < -0.39 is 5.79 Å². The fourth-order valence-electron chi connectivity index (χ4n) is 5.07. The first kappa shape index (κ1) is 28.8. The van der Waals surface area contributed by atoms with E-state index in [1.54, 1.807) is 12.1 Å². The van der Waals surface area contributed by atoms with Crippen LogP contribution in [0.1, 0.15) is 122 Å². The molecule has 0 N–H and O–H groups in total. The highest BCUT2D eigenvalue weighted by Crippen LogP contribution is 2.36. The van der Waals surface area contributed by atoms with Gasteiger partial charge in [0.1, 0.15) is 0 Å². The first-order chi connectivity index (χ1) is 16.3. The molecule has 1 aromatic carbocycles. The lowest BCUT2D eigenvalue weighted by molar-refractivity contribution is -0.328. The Kier molecular flexibility index (Phi) is 13.2. The number of carbonyl (C=O) groups is 1. The van der Waals surface area contributed by atoms with Crippen LogP contribution in [0.4, 0.5) is 0 Å². The first-order valence-electron chi connectivity index (χ1n) is 13.9. The van der Waals surface area contributed by atoms with Crippen molar-refractivity contribution in [2.45, 2.75) is 130 Å². The summed E-state index contributed by atoms with van der Waals surface area (Å²) in [6.07, 6.45) is 16.1. The topological polar surface area (TPSA) is 44.8 Å². The molecule has 194 valence electrons. The van der Waals surface area contributed by atoms with E-state index in [1.807, 2.05) is 32.0 Å². The SMILES string of the molecule is CCCCCCCCCCCCC[C@H]1OC(C)(C)O[C@@H]([C@@H](C)COC(=O)c2ccccc2)[C@H]1C. The number of unbranched alkanes of at least 4 members (excludes halogenated alkanes) is 10. The van der Waals surface area contributed by atoms with E-state index in [0.717, 1.165) is 6.42 Å². The van der Waals surface area contributed by atoms with Gasteiger partial charge in [0.2, 0.25) is 0 Å². The summed E-state index contributed by atoms with van der Waals surface area (Å²) in [5.41, 5.74) is 0.588. The summed E-state index contributed by atoms with van der Waals surface area (Å²) in [5.74, 6) is -0.520. The maximum Gasteiger partial charge on any atom is 0.338 e. The number of ether oxygens (including phenoxy) is 3. The van der Waals surface area contributed by atoms with Gasteiger partial charge in [-0.05, 0) is 32.4 Å². The van der Waals surface area contributed by atoms with E-state index in [4.69, 9.17) is 14.2 Å². The normalized spacial score (nSPS) is 22.9. The number of rotatable bonds is 16. The monoisotopic (exact) mass is 474 g/mol. The summed E-state index contributed by atoms with van der Waals surface area (Å²) in [4.78, 5) is 12.3. The van der Waals surface area contributed by atoms with Crippen molar-refractivity contribution in [3.8, 4) is 0 Å². The van der Waals surface area contributed by atoms with Crippen LogP contribution in [-0.4, -0.2) is 30.6 Å². The van der Waals surface area contributed by atoms with Crippen LogP contribution in [0.2, 0.25) is 0 Å². The molecule has 1 heterocycles. The third-order valence-corrected chi connectivity index (χ3v) is 7.10. The van der Waals surface area contributed by atoms with Gasteiger partial charge in [-0.3, -0.25) is 0 Å². The smallest absolute Gasteiger partial charge is 0.338 e. The standard InChI is InChI=1S/C30H50O4/c1-6-7-8-9-10-11-12-13-14-15-19-22-27-25(3)28(34-30(4,5)33-27)24(2)23-32-29(31)26-20-17-16-18-21-26/h16-18,20-21,24-25,27-28H,6-15,19,22-23H2,1-5H3/t24-,25-,27+,28-/m0/s1. The molecule has 0 aliphatic carbocycles. The largest absolute Gasteiger partial charge is 0.462 e. The van der Waals surface area contributed by atoms with Gasteiger partial charge in [-0.15, -0.1) is 0 Å². The zero-order valence-electron chi connectivity index (χ0n) is 22.5. The van der Waals surface area contributed by atoms with E-state index in [9.17, 15) is 4.79 Å². The van der Waals surface area contributed by atoms with Crippen molar-refractivity contribution in [3.05, 3.63) is 35.9 Å². The maximum atomic E-state index is 12.3. The number of carbonyl (C=O) groups excluding carboxylic acids is 1. The summed E-state index contributed by atoms with van der Waals surface area (Å²) in [7, 11) is 0. The Balaban J connectivity index is 1.69. The average Bonchev–Trinajstić information content (AvgIpc) is 2.83. The Morgan fingerprint density at radius 3 is 2.06 bits per heavy atom. The van der Waals surface area contributed by atoms with Gasteiger partial charge < -0.3 is 14.2 Å². The molecule has 0 spiro atoms. The molecule has 0 bridgehead atoms. The number of hydrogen-bond acceptors (Lipinski definition) is 4. The van der Waals surface area contributed by atoms with Gasteiger partial charge in [-0.25, -0.2) is 4.79 Å². The van der Waals surface area contributed by atoms with Gasteiger partial charge in [0, 0.05) is 11.8 Å². The third kappa shape index (κ3) is 10.5. The maximum absolute atomic E-state index is 12.3. The second-order valence-electron chi connectivity index (χ2n) is 10.8. The fourth-order valence-corrected chi connectivity index (χ4v) is 5.07. The van der Waals surface area contributed by atoms with Crippen LogP contribution in [0.3, 0.4) is 0 Å². The predicted molar refractivity (Wildman–Crippen MR) is 140 cm³/mol. The molecule has 0 unspecified atom stereocenters. The van der Waals surface area contributed by atoms with Crippen molar-refractivity contribution in [2.75, 3.05) is 6.61 Å². The number of esters is 1. The molecular formula is C30H50O4. The molecule has 4 heteroatoms. The second-order valence-corrected chi connectivity index (χ2v) is 10.8. The van der Waals surface area contributed by atoms with Gasteiger partial charge >= 0.3 is 5.97 Å². The van der Waals surface area contributed by atoms with E-state index in [1.165, 1.54) is 70.6 Å². The van der Waals surface area contributed by atoms with Crippen LogP contribution in [-0.2, 0) is 14.2 Å². The average molecular weight is 475 g/mol. The zero-order chi connectivity index (χ0) is 24.8. The van der Waals surface area contributed by atoms with Crippen LogP contribution in [0.15, 0.2) is 30.3 Å². The van der Waals surface area contributed by atoms with Crippen LogP contribution in [0.25, 0.3) is 0 Å². The Hall–Kier alpha value is -1.39. The second kappa shape index (κ2) is 15.6. The van der Waals surface area contributed by atoms with Gasteiger partial charge in [-0.2, -0.15) is 0 Å². The molecule has 0 aromatic heterocycles. The Morgan fingerprint density at radius 2 is 1.47 bits per heavy atom. The molecule has 2 rings (SSSR count). The van der Waals surface area contributed by atoms with Crippen LogP contribution in [0.5, 0.6) is 0 Å². The molecule has 4 nitrogen and oxygen atoms in total. The summed E-state index contributed by atoms with van der Waals surface area (Å²) in [6.45, 7) is 11.0. The molecular weight excluding hydrogens is 424 g/mol. The van der Waals surface area contributed by atoms with Crippen molar-refractivity contribution in [1.82, 2.24) is 0 Å². The summed E-state index contributed by atoms with van der Waals surface area (Å²) < 4.78 is 18.2. The molecule has 34 heavy (non-hydrogen) atoms. The van der Waals surface area contributed by atoms with E-state index in [0.29, 0.717) is 12.2 Å². The van der Waals surface area contributed by atoms with Crippen LogP contribution < -0.4 is 0 Å². The molecule has 0 radical (unpaired) electrons. The van der Waals surface area contributed by atoms with E-state index in [2.05, 4.69) is 20.8 Å². The van der Waals surface area contributed by atoms with Crippen molar-refractivity contribution < 1.29 is 19.0 Å². The van der Waals surface area contributed by atoms with E-state index >= 15 is 0 Å². The van der Waals surface area contributed by atoms with Crippen molar-refractivity contribution in [2.24, 2.45) is 11.8 Å². The minimum atomic E-state index is -0.614. The number of benzene rings is 1. The lowest BCUT2D eigenvalue weighted by Gasteiger charge is -2.47. The molecule has 1 fully saturated rings. The third-order valence-electron chi connectivity index (χ3n) is 7.10. The zero-order valence-corrected chi connectivity index (χ0v) is 22.5. The molecule has 4 atom stereocenters. The lowest BCUT2D eigenvalue weighted by atomic mass is 9.85. The molecule has 1 aliphatic rings. The summed E-state index contributed by atoms with van der Waals surface area (Å²) >= 11 is 0. The highest BCUT2D eigenvalue weighted by atomic mass is 16.7. The van der Waals surface area contributed by atoms with Crippen LogP contribution in [0, 0.1) is 11.8 Å². The Morgan fingerprint density at radius 1 is 0.912 bits per heavy atom. The van der Waals surface area contributed by atoms with Gasteiger partial charge in [0.25, 0.3) is 0 Å². The van der Waals surface area contributed by atoms with Gasteiger partial charge in [0.15, 0.2) is 5.79 Å². The quantitative estimate of drug-likeness (QED) is 0.178. The minimum Gasteiger partial charge on any atom is -0.462 e. The van der Waals surface area contributed by atoms with Crippen molar-refractivity contribution >= 4 is 5.97 Å². The molecule has 1 saturated heterocycles. The summed E-state index contributed by atoms with van der Waals surface area (Å²) in [6, 6.07) is 9.17. The predicted octanol–water partition coefficient (Wildman–Crippen LogP) is 8.34. The van der Waals surface area contributed by atoms with E-state index in [-0.39, 0.29) is 30.0 Å². The highest BCUT2D eigenvalue weighted by Gasteiger charge is 2.43. The molecule has 0 amide bonds. The lowest BCUT2D eigenvalue weighted by Crippen LogP contribution is -2.52. The fraction of sp³-hybridized carbons (Fsp3) is 0.767. The summed E-state index contributed by atoms with van der Waals surface area (Å²) in [5, 5.41) is 0. The first-order valence-corrected chi connectivity index (χ1v) is 13.9. The minimum absolute atomic E-state index is 0.00466. The number of hydrogen-bond donors (Lipinski definition) is 0. The van der Waals surface area contributed by atoms with Crippen molar-refractivity contribution in [3.63, 3.8) is 0 Å². The highest BCUT2D eigenvalue weighted by molar-refractivity contribution is 5.89.